The highest BCUT2D eigenvalue weighted by Gasteiger charge is 2.17. The zero-order valence-electron chi connectivity index (χ0n) is 10.1. The van der Waals surface area contributed by atoms with E-state index in [1.54, 1.807) is 0 Å². The molecule has 0 radical (unpaired) electrons. The molecule has 0 bridgehead atoms. The van der Waals surface area contributed by atoms with Gasteiger partial charge in [-0.2, -0.15) is 0 Å². The van der Waals surface area contributed by atoms with Crippen molar-refractivity contribution >= 4 is 5.57 Å². The summed E-state index contributed by atoms with van der Waals surface area (Å²) >= 11 is 0. The summed E-state index contributed by atoms with van der Waals surface area (Å²) in [6.07, 6.45) is 10.7. The Kier molecular flexibility index (Phi) is 3.15. The maximum atomic E-state index is 4.19. The molecule has 0 fully saturated rings. The molecule has 2 aromatic heterocycles. The van der Waals surface area contributed by atoms with Crippen molar-refractivity contribution in [2.45, 2.75) is 12.5 Å². The molecule has 3 heterocycles. The average molecular weight is 237 g/mol. The molecule has 1 aliphatic rings. The van der Waals surface area contributed by atoms with Gasteiger partial charge in [0.15, 0.2) is 0 Å². The molecular weight excluding hydrogens is 222 g/mol. The van der Waals surface area contributed by atoms with E-state index in [-0.39, 0.29) is 0 Å². The first-order valence-corrected chi connectivity index (χ1v) is 6.16. The number of nitrogens with one attached hydrogen (secondary N) is 1. The SMILES string of the molecule is C1=C(c2cccnc2)CC(c2cccnc2)NC1. The lowest BCUT2D eigenvalue weighted by Crippen LogP contribution is -2.25. The van der Waals surface area contributed by atoms with Crippen LogP contribution in [0.3, 0.4) is 0 Å². The molecule has 1 atom stereocenters. The van der Waals surface area contributed by atoms with Crippen molar-refractivity contribution < 1.29 is 0 Å². The largest absolute Gasteiger partial charge is 0.306 e. The molecule has 2 aromatic rings. The predicted octanol–water partition coefficient (Wildman–Crippen LogP) is 2.59. The zero-order valence-corrected chi connectivity index (χ0v) is 10.1. The fourth-order valence-corrected chi connectivity index (χ4v) is 2.31. The number of pyridine rings is 2. The van der Waals surface area contributed by atoms with E-state index >= 15 is 0 Å². The Morgan fingerprint density at radius 3 is 2.61 bits per heavy atom. The van der Waals surface area contributed by atoms with Gasteiger partial charge >= 0.3 is 0 Å². The Balaban J connectivity index is 1.82. The van der Waals surface area contributed by atoms with Crippen molar-refractivity contribution in [3.8, 4) is 0 Å². The van der Waals surface area contributed by atoms with Crippen molar-refractivity contribution in [2.75, 3.05) is 6.54 Å². The van der Waals surface area contributed by atoms with Gasteiger partial charge in [-0.1, -0.05) is 18.2 Å². The summed E-state index contributed by atoms with van der Waals surface area (Å²) in [6, 6.07) is 8.55. The third-order valence-corrected chi connectivity index (χ3v) is 3.26. The second kappa shape index (κ2) is 5.10. The summed E-state index contributed by atoms with van der Waals surface area (Å²) in [4.78, 5) is 8.37. The minimum absolute atomic E-state index is 0.346. The first-order chi connectivity index (χ1) is 8.93. The molecule has 0 saturated heterocycles. The van der Waals surface area contributed by atoms with E-state index in [0.29, 0.717) is 6.04 Å². The molecule has 18 heavy (non-hydrogen) atoms. The molecule has 0 aromatic carbocycles. The van der Waals surface area contributed by atoms with Crippen LogP contribution in [-0.2, 0) is 0 Å². The topological polar surface area (TPSA) is 37.8 Å². The van der Waals surface area contributed by atoms with E-state index in [4.69, 9.17) is 0 Å². The van der Waals surface area contributed by atoms with Gasteiger partial charge in [0, 0.05) is 37.4 Å². The van der Waals surface area contributed by atoms with Crippen LogP contribution in [0.5, 0.6) is 0 Å². The first kappa shape index (κ1) is 11.1. The van der Waals surface area contributed by atoms with Gasteiger partial charge in [-0.05, 0) is 35.3 Å². The van der Waals surface area contributed by atoms with Crippen molar-refractivity contribution in [1.82, 2.24) is 15.3 Å². The molecule has 1 aliphatic heterocycles. The molecule has 0 aliphatic carbocycles. The molecule has 0 saturated carbocycles. The van der Waals surface area contributed by atoms with Gasteiger partial charge < -0.3 is 5.32 Å². The molecule has 3 rings (SSSR count). The number of hydrogen-bond donors (Lipinski definition) is 1. The van der Waals surface area contributed by atoms with Crippen LogP contribution in [0.25, 0.3) is 5.57 Å². The molecule has 1 N–H and O–H groups in total. The van der Waals surface area contributed by atoms with Crippen LogP contribution in [-0.4, -0.2) is 16.5 Å². The lowest BCUT2D eigenvalue weighted by atomic mass is 9.93. The zero-order chi connectivity index (χ0) is 12.2. The summed E-state index contributed by atoms with van der Waals surface area (Å²) in [5.74, 6) is 0. The lowest BCUT2D eigenvalue weighted by Gasteiger charge is -2.24. The van der Waals surface area contributed by atoms with Gasteiger partial charge in [0.25, 0.3) is 0 Å². The Bertz CT molecular complexity index is 534. The minimum atomic E-state index is 0.346. The van der Waals surface area contributed by atoms with Crippen molar-refractivity contribution in [3.63, 3.8) is 0 Å². The summed E-state index contributed by atoms with van der Waals surface area (Å²) in [5.41, 5.74) is 3.82. The Morgan fingerprint density at radius 2 is 1.89 bits per heavy atom. The Labute approximate surface area is 107 Å². The Morgan fingerprint density at radius 1 is 1.06 bits per heavy atom. The maximum absolute atomic E-state index is 4.19. The van der Waals surface area contributed by atoms with Gasteiger partial charge in [0.05, 0.1) is 0 Å². The minimum Gasteiger partial charge on any atom is -0.306 e. The van der Waals surface area contributed by atoms with Gasteiger partial charge in [0.2, 0.25) is 0 Å². The lowest BCUT2D eigenvalue weighted by molar-refractivity contribution is 0.562. The van der Waals surface area contributed by atoms with Crippen molar-refractivity contribution in [2.24, 2.45) is 0 Å². The molecule has 0 spiro atoms. The highest BCUT2D eigenvalue weighted by Crippen LogP contribution is 2.29. The van der Waals surface area contributed by atoms with Gasteiger partial charge in [-0.25, -0.2) is 0 Å². The molecule has 3 heteroatoms. The molecule has 3 nitrogen and oxygen atoms in total. The fraction of sp³-hybridized carbons (Fsp3) is 0.200. The molecule has 1 unspecified atom stereocenters. The normalized spacial score (nSPS) is 19.3. The van der Waals surface area contributed by atoms with E-state index in [1.807, 2.05) is 36.9 Å². The van der Waals surface area contributed by atoms with Crippen LogP contribution < -0.4 is 5.32 Å². The van der Waals surface area contributed by atoms with Crippen molar-refractivity contribution in [1.29, 1.82) is 0 Å². The number of hydrogen-bond acceptors (Lipinski definition) is 3. The van der Waals surface area contributed by atoms with E-state index in [0.717, 1.165) is 13.0 Å². The van der Waals surface area contributed by atoms with Gasteiger partial charge in [-0.15, -0.1) is 0 Å². The smallest absolute Gasteiger partial charge is 0.0378 e. The average Bonchev–Trinajstić information content (AvgIpc) is 2.49. The van der Waals surface area contributed by atoms with Crippen LogP contribution in [0.4, 0.5) is 0 Å². The third-order valence-electron chi connectivity index (χ3n) is 3.26. The number of aromatic nitrogens is 2. The van der Waals surface area contributed by atoms with E-state index < -0.39 is 0 Å². The van der Waals surface area contributed by atoms with Crippen LogP contribution in [0.2, 0.25) is 0 Å². The quantitative estimate of drug-likeness (QED) is 0.872. The molecular formula is C15H15N3. The number of rotatable bonds is 2. The van der Waals surface area contributed by atoms with Crippen molar-refractivity contribution in [3.05, 3.63) is 66.3 Å². The monoisotopic (exact) mass is 237 g/mol. The van der Waals surface area contributed by atoms with E-state index in [1.165, 1.54) is 16.7 Å². The molecule has 90 valence electrons. The second-order valence-corrected chi connectivity index (χ2v) is 4.42. The number of nitrogens with zero attached hydrogens (tertiary/aromatic N) is 2. The van der Waals surface area contributed by atoms with Gasteiger partial charge in [-0.3, -0.25) is 9.97 Å². The third kappa shape index (κ3) is 2.31. The standard InChI is InChI=1S/C15H15N3/c1-3-13(10-16-6-1)12-5-8-18-15(9-12)14-4-2-7-17-11-14/h1-7,10-11,15,18H,8-9H2. The highest BCUT2D eigenvalue weighted by molar-refractivity contribution is 5.66. The van der Waals surface area contributed by atoms with Crippen LogP contribution in [0.15, 0.2) is 55.1 Å². The summed E-state index contributed by atoms with van der Waals surface area (Å²) in [7, 11) is 0. The van der Waals surface area contributed by atoms with Crippen LogP contribution in [0.1, 0.15) is 23.6 Å². The first-order valence-electron chi connectivity index (χ1n) is 6.16. The van der Waals surface area contributed by atoms with E-state index in [9.17, 15) is 0 Å². The fourth-order valence-electron chi connectivity index (χ4n) is 2.31. The summed E-state index contributed by atoms with van der Waals surface area (Å²) in [5, 5.41) is 3.50. The van der Waals surface area contributed by atoms with Crippen LogP contribution in [0, 0.1) is 0 Å². The summed E-state index contributed by atoms with van der Waals surface area (Å²) in [6.45, 7) is 0.893. The second-order valence-electron chi connectivity index (χ2n) is 4.42. The van der Waals surface area contributed by atoms with E-state index in [2.05, 4.69) is 33.5 Å². The van der Waals surface area contributed by atoms with Gasteiger partial charge in [0.1, 0.15) is 0 Å². The summed E-state index contributed by atoms with van der Waals surface area (Å²) < 4.78 is 0. The maximum Gasteiger partial charge on any atom is 0.0378 e. The predicted molar refractivity (Wildman–Crippen MR) is 71.8 cm³/mol. The highest BCUT2D eigenvalue weighted by atomic mass is 14.9. The Hall–Kier alpha value is -2.00. The van der Waals surface area contributed by atoms with Crippen LogP contribution >= 0.6 is 0 Å². The molecule has 0 amide bonds.